The van der Waals surface area contributed by atoms with E-state index in [1.807, 2.05) is 36.4 Å². The van der Waals surface area contributed by atoms with Crippen molar-refractivity contribution in [2.75, 3.05) is 26.1 Å². The molecule has 3 N–H and O–H groups in total. The van der Waals surface area contributed by atoms with Crippen molar-refractivity contribution in [2.24, 2.45) is 0 Å². The summed E-state index contributed by atoms with van der Waals surface area (Å²) in [6.45, 7) is 10.7. The fraction of sp³-hybridized carbons (Fsp3) is 0.536. The third-order valence-electron chi connectivity index (χ3n) is 6.13. The molecule has 6 nitrogen and oxygen atoms in total. The Kier molecular flexibility index (Phi) is 10.2. The van der Waals surface area contributed by atoms with Gasteiger partial charge in [0, 0.05) is 24.2 Å². The average Bonchev–Trinajstić information content (AvgIpc) is 2.80. The van der Waals surface area contributed by atoms with Crippen LogP contribution in [0.1, 0.15) is 89.0 Å². The summed E-state index contributed by atoms with van der Waals surface area (Å²) in [4.78, 5) is 13.0. The van der Waals surface area contributed by atoms with Crippen molar-refractivity contribution in [1.29, 1.82) is 0 Å². The molecule has 2 rings (SSSR count). The number of nitrogens with one attached hydrogen (secondary N) is 2. The summed E-state index contributed by atoms with van der Waals surface area (Å²) in [6.07, 6.45) is 3.69. The number of urea groups is 1. The minimum Gasteiger partial charge on any atom is -0.497 e. The van der Waals surface area contributed by atoms with Gasteiger partial charge >= 0.3 is 6.03 Å². The molecule has 0 aliphatic heterocycles. The molecular formula is C28H42N2O4. The molecule has 2 aromatic rings. The van der Waals surface area contributed by atoms with E-state index in [0.717, 1.165) is 53.9 Å². The SMILES string of the molecule is CCCCCC(CNC(=O)Nc1cc(C(C)O)ccc1C(C)(C)C)c1ccc(OC)cc1OC. The summed E-state index contributed by atoms with van der Waals surface area (Å²) in [5, 5.41) is 16.1. The van der Waals surface area contributed by atoms with Crippen molar-refractivity contribution in [1.82, 2.24) is 5.32 Å². The Labute approximate surface area is 205 Å². The largest absolute Gasteiger partial charge is 0.497 e. The first kappa shape index (κ1) is 27.5. The molecular weight excluding hydrogens is 428 g/mol. The minimum atomic E-state index is -0.608. The van der Waals surface area contributed by atoms with E-state index in [-0.39, 0.29) is 17.4 Å². The predicted molar refractivity (Wildman–Crippen MR) is 139 cm³/mol. The van der Waals surface area contributed by atoms with Crippen molar-refractivity contribution in [3.63, 3.8) is 0 Å². The molecule has 188 valence electrons. The van der Waals surface area contributed by atoms with E-state index in [2.05, 4.69) is 38.3 Å². The zero-order chi connectivity index (χ0) is 25.3. The Bertz CT molecular complexity index is 934. The van der Waals surface area contributed by atoms with Gasteiger partial charge in [-0.15, -0.1) is 0 Å². The minimum absolute atomic E-state index is 0.115. The Hall–Kier alpha value is -2.73. The quantitative estimate of drug-likeness (QED) is 0.326. The average molecular weight is 471 g/mol. The molecule has 0 aliphatic carbocycles. The maximum absolute atomic E-state index is 13.0. The van der Waals surface area contributed by atoms with Gasteiger partial charge in [0.25, 0.3) is 0 Å². The molecule has 0 bridgehead atoms. The number of unbranched alkanes of at least 4 members (excludes halogenated alkanes) is 2. The first-order valence-electron chi connectivity index (χ1n) is 12.2. The monoisotopic (exact) mass is 470 g/mol. The number of aliphatic hydroxyl groups is 1. The summed E-state index contributed by atoms with van der Waals surface area (Å²) in [5.41, 5.74) is 3.41. The third-order valence-corrected chi connectivity index (χ3v) is 6.13. The van der Waals surface area contributed by atoms with Crippen LogP contribution in [0.25, 0.3) is 0 Å². The molecule has 0 aliphatic rings. The summed E-state index contributed by atoms with van der Waals surface area (Å²) in [6, 6.07) is 11.3. The number of carbonyl (C=O) groups is 1. The standard InChI is InChI=1S/C28H42N2O4/c1-8-9-10-11-21(23-14-13-22(33-6)17-26(23)34-7)18-29-27(32)30-25-16-20(19(2)31)12-15-24(25)28(3,4)5/h12-17,19,21,31H,8-11,18H2,1-7H3,(H2,29,30,32). The number of anilines is 1. The highest BCUT2D eigenvalue weighted by Gasteiger charge is 2.22. The van der Waals surface area contributed by atoms with Gasteiger partial charge in [-0.2, -0.15) is 0 Å². The summed E-state index contributed by atoms with van der Waals surface area (Å²) < 4.78 is 11.0. The smallest absolute Gasteiger partial charge is 0.319 e. The summed E-state index contributed by atoms with van der Waals surface area (Å²) in [7, 11) is 3.29. The van der Waals surface area contributed by atoms with E-state index in [1.165, 1.54) is 0 Å². The van der Waals surface area contributed by atoms with Gasteiger partial charge in [0.1, 0.15) is 11.5 Å². The lowest BCUT2D eigenvalue weighted by Gasteiger charge is -2.25. The topological polar surface area (TPSA) is 79.8 Å². The van der Waals surface area contributed by atoms with Crippen LogP contribution in [0.4, 0.5) is 10.5 Å². The van der Waals surface area contributed by atoms with Crippen LogP contribution in [-0.2, 0) is 5.41 Å². The van der Waals surface area contributed by atoms with Crippen LogP contribution in [-0.4, -0.2) is 31.9 Å². The van der Waals surface area contributed by atoms with Crippen LogP contribution >= 0.6 is 0 Å². The fourth-order valence-electron chi connectivity index (χ4n) is 4.13. The lowest BCUT2D eigenvalue weighted by Crippen LogP contribution is -2.33. The molecule has 2 aromatic carbocycles. The van der Waals surface area contributed by atoms with Crippen LogP contribution in [0.5, 0.6) is 11.5 Å². The molecule has 0 radical (unpaired) electrons. The zero-order valence-electron chi connectivity index (χ0n) is 21.8. The van der Waals surface area contributed by atoms with Gasteiger partial charge in [0.2, 0.25) is 0 Å². The second-order valence-electron chi connectivity index (χ2n) is 9.87. The summed E-state index contributed by atoms with van der Waals surface area (Å²) in [5.74, 6) is 1.62. The van der Waals surface area contributed by atoms with Crippen LogP contribution in [0.3, 0.4) is 0 Å². The van der Waals surface area contributed by atoms with Gasteiger partial charge in [-0.25, -0.2) is 4.79 Å². The van der Waals surface area contributed by atoms with Gasteiger partial charge in [-0.1, -0.05) is 65.2 Å². The molecule has 6 heteroatoms. The normalized spacial score (nSPS) is 13.2. The van der Waals surface area contributed by atoms with Gasteiger partial charge < -0.3 is 25.2 Å². The number of ether oxygens (including phenoxy) is 2. The molecule has 2 atom stereocenters. The van der Waals surface area contributed by atoms with Crippen molar-refractivity contribution in [3.8, 4) is 11.5 Å². The molecule has 0 saturated heterocycles. The molecule has 2 amide bonds. The number of methoxy groups -OCH3 is 2. The molecule has 0 saturated carbocycles. The van der Waals surface area contributed by atoms with E-state index in [4.69, 9.17) is 9.47 Å². The van der Waals surface area contributed by atoms with Crippen LogP contribution < -0.4 is 20.1 Å². The molecule has 0 spiro atoms. The Morgan fingerprint density at radius 3 is 2.38 bits per heavy atom. The van der Waals surface area contributed by atoms with Crippen molar-refractivity contribution in [2.45, 2.75) is 77.7 Å². The number of aliphatic hydroxyl groups excluding tert-OH is 1. The van der Waals surface area contributed by atoms with Gasteiger partial charge in [0.05, 0.1) is 20.3 Å². The summed E-state index contributed by atoms with van der Waals surface area (Å²) >= 11 is 0. The Morgan fingerprint density at radius 2 is 1.79 bits per heavy atom. The number of hydrogen-bond donors (Lipinski definition) is 3. The fourth-order valence-corrected chi connectivity index (χ4v) is 4.13. The highest BCUT2D eigenvalue weighted by atomic mass is 16.5. The molecule has 2 unspecified atom stereocenters. The van der Waals surface area contributed by atoms with Crippen molar-refractivity contribution >= 4 is 11.7 Å². The second-order valence-corrected chi connectivity index (χ2v) is 9.87. The lowest BCUT2D eigenvalue weighted by atomic mass is 9.85. The molecule has 0 heterocycles. The van der Waals surface area contributed by atoms with E-state index < -0.39 is 6.10 Å². The predicted octanol–water partition coefficient (Wildman–Crippen LogP) is 6.54. The number of amides is 2. The number of carbonyl (C=O) groups excluding carboxylic acids is 1. The van der Waals surface area contributed by atoms with E-state index in [1.54, 1.807) is 21.1 Å². The third kappa shape index (κ3) is 7.66. The van der Waals surface area contributed by atoms with E-state index >= 15 is 0 Å². The highest BCUT2D eigenvalue weighted by molar-refractivity contribution is 5.90. The Morgan fingerprint density at radius 1 is 1.06 bits per heavy atom. The number of rotatable bonds is 11. The lowest BCUT2D eigenvalue weighted by molar-refractivity contribution is 0.199. The van der Waals surface area contributed by atoms with Gasteiger partial charge in [-0.05, 0) is 47.6 Å². The highest BCUT2D eigenvalue weighted by Crippen LogP contribution is 2.34. The second kappa shape index (κ2) is 12.7. The van der Waals surface area contributed by atoms with Gasteiger partial charge in [0.15, 0.2) is 0 Å². The van der Waals surface area contributed by atoms with Gasteiger partial charge in [-0.3, -0.25) is 0 Å². The number of hydrogen-bond acceptors (Lipinski definition) is 4. The van der Waals surface area contributed by atoms with E-state index in [9.17, 15) is 9.90 Å². The van der Waals surface area contributed by atoms with Crippen molar-refractivity contribution < 1.29 is 19.4 Å². The molecule has 0 fully saturated rings. The first-order chi connectivity index (χ1) is 16.1. The van der Waals surface area contributed by atoms with Crippen LogP contribution in [0.2, 0.25) is 0 Å². The Balaban J connectivity index is 2.21. The van der Waals surface area contributed by atoms with Crippen molar-refractivity contribution in [3.05, 3.63) is 53.1 Å². The maximum Gasteiger partial charge on any atom is 0.319 e. The van der Waals surface area contributed by atoms with Crippen LogP contribution in [0, 0.1) is 0 Å². The van der Waals surface area contributed by atoms with E-state index in [0.29, 0.717) is 12.2 Å². The molecule has 34 heavy (non-hydrogen) atoms. The number of benzene rings is 2. The molecule has 0 aromatic heterocycles. The zero-order valence-corrected chi connectivity index (χ0v) is 21.8. The van der Waals surface area contributed by atoms with Crippen LogP contribution in [0.15, 0.2) is 36.4 Å². The first-order valence-corrected chi connectivity index (χ1v) is 12.2. The maximum atomic E-state index is 13.0.